The molecule has 0 spiro atoms. The number of aromatic hydroxyl groups is 1. The number of phenolic OH excluding ortho intramolecular Hbond substituents is 1. The fraction of sp³-hybridized carbons (Fsp3) is 0.452. The van der Waals surface area contributed by atoms with Gasteiger partial charge in [-0.3, -0.25) is 4.99 Å². The molecule has 10 nitrogen and oxygen atoms in total. The van der Waals surface area contributed by atoms with E-state index in [9.17, 15) is 19.5 Å². The van der Waals surface area contributed by atoms with Gasteiger partial charge in [0.2, 0.25) is 0 Å². The number of benzene rings is 5. The van der Waals surface area contributed by atoms with E-state index in [0.717, 1.165) is 25.7 Å². The number of phenols is 1. The molecule has 0 fully saturated rings. The smallest absolute Gasteiger partial charge is 0.343 e. The lowest BCUT2D eigenvalue weighted by Crippen LogP contribution is -2.10. The van der Waals surface area contributed by atoms with E-state index in [-0.39, 0.29) is 28.6 Å². The molecule has 5 rings (SSSR count). The van der Waals surface area contributed by atoms with Crippen LogP contribution in [0.5, 0.6) is 34.5 Å². The van der Waals surface area contributed by atoms with E-state index in [0.29, 0.717) is 47.1 Å². The maximum atomic E-state index is 13.0. The van der Waals surface area contributed by atoms with E-state index >= 15 is 0 Å². The van der Waals surface area contributed by atoms with Gasteiger partial charge in [0, 0.05) is 23.9 Å². The number of hydrogen-bond donors (Lipinski definition) is 1. The second-order valence-corrected chi connectivity index (χ2v) is 18.7. The average molecular weight is 982 g/mol. The summed E-state index contributed by atoms with van der Waals surface area (Å²) in [7, 11) is 0. The Morgan fingerprint density at radius 2 is 0.750 bits per heavy atom. The van der Waals surface area contributed by atoms with Crippen LogP contribution in [0.1, 0.15) is 205 Å². The lowest BCUT2D eigenvalue weighted by molar-refractivity contribution is 0.0723. The number of unbranched alkanes of at least 4 members (excludes halogenated alkanes) is 22. The van der Waals surface area contributed by atoms with Crippen molar-refractivity contribution in [3.63, 3.8) is 0 Å². The standard InChI is InChI=1S/C62H79NO9/c1-3-5-7-9-11-13-15-16-17-18-20-22-24-26-44-68-54-37-30-49(31-38-54)60(65)70-56-41-34-51(35-42-56)61(66)71-57-29-27-28-53(46-57)63-48-52-36-43-58(47-59(52)64)72-62(67)50-32-39-55(40-33-50)69-45-25-23-21-19-14-12-10-8-6-4-2/h27-43,46-48,64H,3-26,44-45H2,1-2H3. The van der Waals surface area contributed by atoms with Crippen molar-refractivity contribution in [3.05, 3.63) is 138 Å². The first-order valence-electron chi connectivity index (χ1n) is 27.0. The molecule has 0 aliphatic heterocycles. The highest BCUT2D eigenvalue weighted by Crippen LogP contribution is 2.27. The zero-order chi connectivity index (χ0) is 50.9. The lowest BCUT2D eigenvalue weighted by Gasteiger charge is -2.09. The number of nitrogens with zero attached hydrogens (tertiary/aromatic N) is 1. The van der Waals surface area contributed by atoms with Crippen molar-refractivity contribution in [3.8, 4) is 34.5 Å². The average Bonchev–Trinajstić information content (AvgIpc) is 3.39. The van der Waals surface area contributed by atoms with Crippen molar-refractivity contribution in [1.29, 1.82) is 0 Å². The number of carbonyl (C=O) groups excluding carboxylic acids is 3. The van der Waals surface area contributed by atoms with Crippen molar-refractivity contribution < 1.29 is 43.2 Å². The molecule has 1 N–H and O–H groups in total. The Labute approximate surface area is 429 Å². The maximum absolute atomic E-state index is 13.0. The molecule has 0 atom stereocenters. The van der Waals surface area contributed by atoms with E-state index in [1.807, 2.05) is 0 Å². The SMILES string of the molecule is CCCCCCCCCCCCCCCCOc1ccc(C(=O)Oc2ccc(C(=O)Oc3cccc(N=Cc4ccc(OC(=O)c5ccc(OCCCCCCCCCCCC)cc5)cc4O)c3)cc2)cc1. The summed E-state index contributed by atoms with van der Waals surface area (Å²) in [6.45, 7) is 5.80. The van der Waals surface area contributed by atoms with Crippen LogP contribution in [-0.2, 0) is 0 Å². The highest BCUT2D eigenvalue weighted by Gasteiger charge is 2.14. The van der Waals surface area contributed by atoms with Crippen molar-refractivity contribution in [2.75, 3.05) is 13.2 Å². The van der Waals surface area contributed by atoms with Gasteiger partial charge in [-0.05, 0) is 110 Å². The van der Waals surface area contributed by atoms with Crippen LogP contribution in [0.4, 0.5) is 5.69 Å². The Morgan fingerprint density at radius 1 is 0.403 bits per heavy atom. The molecule has 0 heterocycles. The Hall–Kier alpha value is -6.42. The van der Waals surface area contributed by atoms with Gasteiger partial charge in [-0.1, -0.05) is 161 Å². The Morgan fingerprint density at radius 3 is 1.15 bits per heavy atom. The topological polar surface area (TPSA) is 130 Å². The van der Waals surface area contributed by atoms with Crippen LogP contribution in [0.15, 0.2) is 120 Å². The lowest BCUT2D eigenvalue weighted by atomic mass is 10.0. The van der Waals surface area contributed by atoms with Gasteiger partial charge in [0.05, 0.1) is 35.6 Å². The summed E-state index contributed by atoms with van der Waals surface area (Å²) in [6.07, 6.45) is 32.5. The first-order valence-corrected chi connectivity index (χ1v) is 27.0. The summed E-state index contributed by atoms with van der Waals surface area (Å²) in [5.74, 6) is 0.315. The summed E-state index contributed by atoms with van der Waals surface area (Å²) in [5, 5.41) is 10.7. The summed E-state index contributed by atoms with van der Waals surface area (Å²) in [6, 6.07) is 31.0. The first-order chi connectivity index (χ1) is 35.3. The summed E-state index contributed by atoms with van der Waals surface area (Å²) >= 11 is 0. The van der Waals surface area contributed by atoms with Gasteiger partial charge in [-0.15, -0.1) is 0 Å². The predicted molar refractivity (Wildman–Crippen MR) is 289 cm³/mol. The van der Waals surface area contributed by atoms with Crippen molar-refractivity contribution in [2.45, 2.75) is 168 Å². The van der Waals surface area contributed by atoms with E-state index < -0.39 is 17.9 Å². The second-order valence-electron chi connectivity index (χ2n) is 18.7. The molecule has 0 amide bonds. The molecule has 10 heteroatoms. The van der Waals surface area contributed by atoms with Crippen LogP contribution < -0.4 is 23.7 Å². The predicted octanol–water partition coefficient (Wildman–Crippen LogP) is 17.0. The summed E-state index contributed by atoms with van der Waals surface area (Å²) in [5.41, 5.74) is 1.86. The van der Waals surface area contributed by atoms with E-state index in [4.69, 9.17) is 23.7 Å². The molecular formula is C62H79NO9. The molecule has 0 aromatic heterocycles. The molecule has 5 aromatic rings. The normalized spacial score (nSPS) is 11.1. The fourth-order valence-corrected chi connectivity index (χ4v) is 8.27. The van der Waals surface area contributed by atoms with Gasteiger partial charge in [-0.25, -0.2) is 14.4 Å². The third-order valence-electron chi connectivity index (χ3n) is 12.6. The molecule has 5 aromatic carbocycles. The molecule has 0 radical (unpaired) electrons. The Bertz CT molecular complexity index is 2340. The van der Waals surface area contributed by atoms with Crippen molar-refractivity contribution >= 4 is 29.8 Å². The molecule has 0 aliphatic rings. The highest BCUT2D eigenvalue weighted by molar-refractivity contribution is 5.93. The molecule has 72 heavy (non-hydrogen) atoms. The van der Waals surface area contributed by atoms with E-state index in [1.54, 1.807) is 84.9 Å². The van der Waals surface area contributed by atoms with E-state index in [1.165, 1.54) is 165 Å². The number of hydrogen-bond acceptors (Lipinski definition) is 10. The molecule has 0 aliphatic carbocycles. The van der Waals surface area contributed by atoms with Gasteiger partial charge >= 0.3 is 17.9 Å². The molecule has 0 unspecified atom stereocenters. The van der Waals surface area contributed by atoms with Crippen LogP contribution in [0.25, 0.3) is 0 Å². The van der Waals surface area contributed by atoms with Gasteiger partial charge < -0.3 is 28.8 Å². The third-order valence-corrected chi connectivity index (χ3v) is 12.6. The molecule has 0 saturated heterocycles. The minimum atomic E-state index is -0.606. The monoisotopic (exact) mass is 982 g/mol. The minimum absolute atomic E-state index is 0.135. The second kappa shape index (κ2) is 34.0. The van der Waals surface area contributed by atoms with Crippen LogP contribution in [0.3, 0.4) is 0 Å². The van der Waals surface area contributed by atoms with Crippen LogP contribution in [-0.4, -0.2) is 42.4 Å². The highest BCUT2D eigenvalue weighted by atomic mass is 16.5. The van der Waals surface area contributed by atoms with E-state index in [2.05, 4.69) is 18.8 Å². The fourth-order valence-electron chi connectivity index (χ4n) is 8.27. The Balaban J connectivity index is 0.960. The zero-order valence-electron chi connectivity index (χ0n) is 43.1. The van der Waals surface area contributed by atoms with Gasteiger partial charge in [0.1, 0.15) is 34.5 Å². The van der Waals surface area contributed by atoms with Crippen molar-refractivity contribution in [1.82, 2.24) is 0 Å². The maximum Gasteiger partial charge on any atom is 0.343 e. The number of ether oxygens (including phenoxy) is 5. The van der Waals surface area contributed by atoms with Gasteiger partial charge in [-0.2, -0.15) is 0 Å². The number of rotatable bonds is 36. The third kappa shape index (κ3) is 22.3. The quantitative estimate of drug-likeness (QED) is 0.0180. The number of esters is 3. The van der Waals surface area contributed by atoms with Gasteiger partial charge in [0.15, 0.2) is 0 Å². The Kier molecular flexibility index (Phi) is 26.7. The summed E-state index contributed by atoms with van der Waals surface area (Å²) < 4.78 is 28.5. The molecule has 0 bridgehead atoms. The summed E-state index contributed by atoms with van der Waals surface area (Å²) in [4.78, 5) is 43.2. The van der Waals surface area contributed by atoms with Crippen LogP contribution in [0, 0.1) is 0 Å². The first kappa shape index (κ1) is 56.5. The molecule has 386 valence electrons. The van der Waals surface area contributed by atoms with Crippen LogP contribution >= 0.6 is 0 Å². The molecular weight excluding hydrogens is 903 g/mol. The van der Waals surface area contributed by atoms with Crippen LogP contribution in [0.2, 0.25) is 0 Å². The zero-order valence-corrected chi connectivity index (χ0v) is 43.1. The minimum Gasteiger partial charge on any atom is -0.507 e. The van der Waals surface area contributed by atoms with Gasteiger partial charge in [0.25, 0.3) is 0 Å². The molecule has 0 saturated carbocycles. The number of carbonyl (C=O) groups is 3. The largest absolute Gasteiger partial charge is 0.507 e. The number of aliphatic imine (C=N–C) groups is 1. The van der Waals surface area contributed by atoms with Crippen molar-refractivity contribution in [2.24, 2.45) is 4.99 Å².